The molecule has 0 N–H and O–H groups in total. The zero-order chi connectivity index (χ0) is 8.10. The minimum absolute atomic E-state index is 0.0622. The van der Waals surface area contributed by atoms with E-state index in [0.717, 1.165) is 25.9 Å². The molecular formula is C8H13N2O+. The van der Waals surface area contributed by atoms with Crippen molar-refractivity contribution in [1.29, 1.82) is 0 Å². The molecule has 1 aliphatic rings. The minimum atomic E-state index is 0.0622. The third-order valence-corrected chi connectivity index (χ3v) is 1.94. The lowest BCUT2D eigenvalue weighted by Gasteiger charge is -2.24. The smallest absolute Gasteiger partial charge is 0.336 e. The van der Waals surface area contributed by atoms with E-state index in [1.54, 1.807) is 0 Å². The molecule has 1 heterocycles. The standard InChI is InChI=1S/C8H13N2O/c1-9-7-8(11)10-5-3-2-4-6-10/h1H,2-7H2/q+1. The number of carbonyl (C=O) groups excluding carboxylic acids is 1. The van der Waals surface area contributed by atoms with Crippen LogP contribution in [0, 0.1) is 6.57 Å². The van der Waals surface area contributed by atoms with Crippen LogP contribution in [0.2, 0.25) is 0 Å². The first kappa shape index (κ1) is 8.06. The number of nitrogens with zero attached hydrogens (tertiary/aromatic N) is 2. The average molecular weight is 153 g/mol. The molecule has 1 fully saturated rings. The fourth-order valence-corrected chi connectivity index (χ4v) is 1.32. The third-order valence-electron chi connectivity index (χ3n) is 1.94. The van der Waals surface area contributed by atoms with E-state index in [1.807, 2.05) is 4.90 Å². The quantitative estimate of drug-likeness (QED) is 0.550. The predicted octanol–water partition coefficient (Wildman–Crippen LogP) is 0.962. The van der Waals surface area contributed by atoms with Crippen molar-refractivity contribution in [3.63, 3.8) is 0 Å². The monoisotopic (exact) mass is 153 g/mol. The highest BCUT2D eigenvalue weighted by molar-refractivity contribution is 5.79. The molecule has 0 aliphatic carbocycles. The summed E-state index contributed by atoms with van der Waals surface area (Å²) >= 11 is 0. The molecule has 11 heavy (non-hydrogen) atoms. The van der Waals surface area contributed by atoms with Gasteiger partial charge in [0.05, 0.1) is 0 Å². The predicted molar refractivity (Wildman–Crippen MR) is 43.6 cm³/mol. The van der Waals surface area contributed by atoms with Gasteiger partial charge in [0.25, 0.3) is 6.57 Å². The first-order valence-corrected chi connectivity index (χ1v) is 3.99. The molecule has 0 atom stereocenters. The Balaban J connectivity index is 2.34. The van der Waals surface area contributed by atoms with Crippen LogP contribution in [0.5, 0.6) is 0 Å². The molecule has 0 bridgehead atoms. The van der Waals surface area contributed by atoms with Gasteiger partial charge in [-0.2, -0.15) is 0 Å². The van der Waals surface area contributed by atoms with Gasteiger partial charge in [-0.25, -0.2) is 0 Å². The topological polar surface area (TPSA) is 24.7 Å². The Morgan fingerprint density at radius 2 is 2.00 bits per heavy atom. The summed E-state index contributed by atoms with van der Waals surface area (Å²) in [5.74, 6) is 0.0622. The summed E-state index contributed by atoms with van der Waals surface area (Å²) in [7, 11) is 0. The van der Waals surface area contributed by atoms with Crippen LogP contribution in [0.4, 0.5) is 0 Å². The zero-order valence-electron chi connectivity index (χ0n) is 6.62. The van der Waals surface area contributed by atoms with Crippen molar-refractivity contribution >= 4 is 5.91 Å². The zero-order valence-corrected chi connectivity index (χ0v) is 6.62. The second kappa shape index (κ2) is 3.97. The Morgan fingerprint density at radius 1 is 1.36 bits per heavy atom. The molecule has 0 aromatic carbocycles. The highest BCUT2D eigenvalue weighted by atomic mass is 16.2. The van der Waals surface area contributed by atoms with Gasteiger partial charge in [-0.05, 0) is 19.3 Å². The molecule has 0 aromatic rings. The highest BCUT2D eigenvalue weighted by Crippen LogP contribution is 2.08. The number of hydrogen-bond donors (Lipinski definition) is 0. The first-order chi connectivity index (χ1) is 5.34. The summed E-state index contributed by atoms with van der Waals surface area (Å²) in [5, 5.41) is 0. The van der Waals surface area contributed by atoms with E-state index in [2.05, 4.69) is 4.85 Å². The molecule has 3 nitrogen and oxygen atoms in total. The summed E-state index contributed by atoms with van der Waals surface area (Å²) in [6, 6.07) is 0. The van der Waals surface area contributed by atoms with Gasteiger partial charge in [-0.1, -0.05) is 4.85 Å². The van der Waals surface area contributed by atoms with Crippen LogP contribution in [0.25, 0.3) is 4.85 Å². The summed E-state index contributed by atoms with van der Waals surface area (Å²) in [6.45, 7) is 6.82. The molecule has 60 valence electrons. The van der Waals surface area contributed by atoms with Crippen LogP contribution in [-0.2, 0) is 4.79 Å². The van der Waals surface area contributed by atoms with Crippen LogP contribution < -0.4 is 0 Å². The summed E-state index contributed by atoms with van der Waals surface area (Å²) in [6.07, 6.45) is 3.48. The Kier molecular flexibility index (Phi) is 2.91. The number of rotatable bonds is 1. The number of carbonyl (C=O) groups is 1. The van der Waals surface area contributed by atoms with Crippen LogP contribution in [0.1, 0.15) is 19.3 Å². The lowest BCUT2D eigenvalue weighted by atomic mass is 10.1. The first-order valence-electron chi connectivity index (χ1n) is 3.99. The SMILES string of the molecule is C#[N+]CC(=O)N1CCCCC1. The highest BCUT2D eigenvalue weighted by Gasteiger charge is 2.18. The van der Waals surface area contributed by atoms with Gasteiger partial charge >= 0.3 is 12.5 Å². The lowest BCUT2D eigenvalue weighted by molar-refractivity contribution is -0.129. The molecular weight excluding hydrogens is 140 g/mol. The number of likely N-dealkylation sites (tertiary alicyclic amines) is 1. The van der Waals surface area contributed by atoms with E-state index in [4.69, 9.17) is 6.57 Å². The summed E-state index contributed by atoms with van der Waals surface area (Å²) in [5.41, 5.74) is 0. The van der Waals surface area contributed by atoms with Crippen LogP contribution in [-0.4, -0.2) is 30.4 Å². The van der Waals surface area contributed by atoms with E-state index in [9.17, 15) is 4.79 Å². The Morgan fingerprint density at radius 3 is 2.55 bits per heavy atom. The minimum Gasteiger partial charge on any atom is -0.336 e. The van der Waals surface area contributed by atoms with Crippen LogP contribution in [0.15, 0.2) is 0 Å². The molecule has 1 rings (SSSR count). The number of amides is 1. The maximum absolute atomic E-state index is 11.2. The molecule has 0 spiro atoms. The maximum Gasteiger partial charge on any atom is 0.339 e. The van der Waals surface area contributed by atoms with Crippen molar-refractivity contribution in [2.75, 3.05) is 19.6 Å². The van der Waals surface area contributed by atoms with E-state index in [0.29, 0.717) is 0 Å². The van der Waals surface area contributed by atoms with E-state index < -0.39 is 0 Å². The summed E-state index contributed by atoms with van der Waals surface area (Å²) in [4.78, 5) is 16.3. The molecule has 0 saturated carbocycles. The van der Waals surface area contributed by atoms with Gasteiger partial charge in [-0.15, -0.1) is 0 Å². The second-order valence-corrected chi connectivity index (χ2v) is 2.78. The van der Waals surface area contributed by atoms with Crippen molar-refractivity contribution in [3.8, 4) is 6.57 Å². The Labute approximate surface area is 66.8 Å². The Hall–Kier alpha value is -1.04. The summed E-state index contributed by atoms with van der Waals surface area (Å²) < 4.78 is 0. The van der Waals surface area contributed by atoms with Gasteiger partial charge < -0.3 is 4.90 Å². The van der Waals surface area contributed by atoms with Gasteiger partial charge in [-0.3, -0.25) is 4.79 Å². The average Bonchev–Trinajstić information content (AvgIpc) is 2.07. The van der Waals surface area contributed by atoms with Gasteiger partial charge in [0, 0.05) is 13.1 Å². The molecule has 0 radical (unpaired) electrons. The molecule has 0 unspecified atom stereocenters. The van der Waals surface area contributed by atoms with E-state index in [1.165, 1.54) is 6.42 Å². The Bertz CT molecular complexity index is 177. The van der Waals surface area contributed by atoms with Gasteiger partial charge in [0.2, 0.25) is 0 Å². The number of hydrogen-bond acceptors (Lipinski definition) is 1. The van der Waals surface area contributed by atoms with E-state index in [-0.39, 0.29) is 12.5 Å². The van der Waals surface area contributed by atoms with Crippen LogP contribution in [0.3, 0.4) is 0 Å². The maximum atomic E-state index is 11.2. The molecule has 1 saturated heterocycles. The molecule has 3 heteroatoms. The van der Waals surface area contributed by atoms with E-state index >= 15 is 0 Å². The molecule has 0 aromatic heterocycles. The fourth-order valence-electron chi connectivity index (χ4n) is 1.32. The fraction of sp³-hybridized carbons (Fsp3) is 0.750. The van der Waals surface area contributed by atoms with Crippen molar-refractivity contribution in [1.82, 2.24) is 4.90 Å². The van der Waals surface area contributed by atoms with Crippen molar-refractivity contribution in [2.45, 2.75) is 19.3 Å². The van der Waals surface area contributed by atoms with Crippen molar-refractivity contribution < 1.29 is 4.79 Å². The molecule has 1 amide bonds. The van der Waals surface area contributed by atoms with Crippen molar-refractivity contribution in [3.05, 3.63) is 4.85 Å². The van der Waals surface area contributed by atoms with Crippen molar-refractivity contribution in [2.24, 2.45) is 0 Å². The van der Waals surface area contributed by atoms with Gasteiger partial charge in [0.1, 0.15) is 0 Å². The second-order valence-electron chi connectivity index (χ2n) is 2.78. The lowest BCUT2D eigenvalue weighted by Crippen LogP contribution is -2.36. The largest absolute Gasteiger partial charge is 0.339 e. The number of piperidine rings is 1. The molecule has 1 aliphatic heterocycles. The van der Waals surface area contributed by atoms with Crippen LogP contribution >= 0.6 is 0 Å². The third kappa shape index (κ3) is 2.23. The normalized spacial score (nSPS) is 17.5. The van der Waals surface area contributed by atoms with Gasteiger partial charge in [0.15, 0.2) is 0 Å².